The summed E-state index contributed by atoms with van der Waals surface area (Å²) in [5.74, 6) is -2.98. The van der Waals surface area contributed by atoms with Crippen LogP contribution >= 0.6 is 0 Å². The molecule has 21 heavy (non-hydrogen) atoms. The number of hydrogen-bond donors (Lipinski definition) is 2. The quantitative estimate of drug-likeness (QED) is 0.842. The van der Waals surface area contributed by atoms with Crippen LogP contribution in [0.3, 0.4) is 0 Å². The number of hydrogen-bond acceptors (Lipinski definition) is 2. The van der Waals surface area contributed by atoms with E-state index in [9.17, 15) is 18.4 Å². The van der Waals surface area contributed by atoms with E-state index in [1.54, 1.807) is 0 Å². The largest absolute Gasteiger partial charge is 0.481 e. The summed E-state index contributed by atoms with van der Waals surface area (Å²) < 4.78 is 25.9. The molecular weight excluding hydrogens is 282 g/mol. The number of carboxylic acids is 1. The summed E-state index contributed by atoms with van der Waals surface area (Å²) in [6.07, 6.45) is 0.281. The van der Waals surface area contributed by atoms with Gasteiger partial charge in [0.1, 0.15) is 11.6 Å². The maximum atomic E-state index is 13.0. The van der Waals surface area contributed by atoms with Gasteiger partial charge in [0.25, 0.3) is 0 Å². The second-order valence-electron chi connectivity index (χ2n) is 4.88. The summed E-state index contributed by atoms with van der Waals surface area (Å²) in [4.78, 5) is 23.6. The van der Waals surface area contributed by atoms with Gasteiger partial charge in [-0.25, -0.2) is 13.6 Å². The van der Waals surface area contributed by atoms with E-state index in [4.69, 9.17) is 5.11 Å². The number of aliphatic carboxylic acids is 1. The Morgan fingerprint density at radius 1 is 1.29 bits per heavy atom. The molecule has 0 saturated carbocycles. The lowest BCUT2D eigenvalue weighted by Crippen LogP contribution is -2.41. The van der Waals surface area contributed by atoms with Crippen LogP contribution in [0.4, 0.5) is 13.6 Å². The minimum Gasteiger partial charge on any atom is -0.481 e. The van der Waals surface area contributed by atoms with Crippen LogP contribution in [-0.4, -0.2) is 42.1 Å². The van der Waals surface area contributed by atoms with Gasteiger partial charge in [-0.05, 0) is 24.1 Å². The van der Waals surface area contributed by atoms with E-state index in [-0.39, 0.29) is 19.5 Å². The fourth-order valence-electron chi connectivity index (χ4n) is 1.78. The number of halogens is 2. The lowest BCUT2D eigenvalue weighted by Gasteiger charge is -2.20. The summed E-state index contributed by atoms with van der Waals surface area (Å²) in [5.41, 5.74) is 0.439. The molecule has 2 N–H and O–H groups in total. The maximum Gasteiger partial charge on any atom is 0.317 e. The molecule has 1 aromatic rings. The van der Waals surface area contributed by atoms with Gasteiger partial charge in [-0.2, -0.15) is 0 Å². The number of carboxylic acid groups (broad SMARTS) is 1. The van der Waals surface area contributed by atoms with Crippen LogP contribution in [0.1, 0.15) is 12.5 Å². The molecule has 5 nitrogen and oxygen atoms in total. The molecule has 0 fully saturated rings. The predicted molar refractivity (Wildman–Crippen MR) is 72.9 cm³/mol. The van der Waals surface area contributed by atoms with Crippen LogP contribution in [-0.2, 0) is 11.2 Å². The molecular formula is C14H18F2N2O3. The van der Waals surface area contributed by atoms with E-state index >= 15 is 0 Å². The van der Waals surface area contributed by atoms with Crippen molar-refractivity contribution in [2.24, 2.45) is 5.92 Å². The molecule has 0 heterocycles. The number of urea groups is 1. The van der Waals surface area contributed by atoms with Crippen molar-refractivity contribution in [3.63, 3.8) is 0 Å². The highest BCUT2D eigenvalue weighted by Gasteiger charge is 2.16. The summed E-state index contributed by atoms with van der Waals surface area (Å²) in [6, 6.07) is 2.75. The Labute approximate surface area is 121 Å². The number of amides is 2. The van der Waals surface area contributed by atoms with Gasteiger partial charge >= 0.3 is 12.0 Å². The first-order chi connectivity index (χ1) is 9.79. The van der Waals surface area contributed by atoms with Crippen molar-refractivity contribution in [3.05, 3.63) is 35.4 Å². The van der Waals surface area contributed by atoms with Gasteiger partial charge in [0.2, 0.25) is 0 Å². The maximum absolute atomic E-state index is 13.0. The molecule has 1 rings (SSSR count). The van der Waals surface area contributed by atoms with Crippen LogP contribution in [0.2, 0.25) is 0 Å². The number of carbonyl (C=O) groups excluding carboxylic acids is 1. The molecule has 0 radical (unpaired) electrons. The third-order valence-electron chi connectivity index (χ3n) is 2.93. The SMILES string of the molecule is CC(CN(C)C(=O)NCCc1cc(F)cc(F)c1)C(=O)O. The van der Waals surface area contributed by atoms with Crippen LogP contribution in [0.25, 0.3) is 0 Å². The van der Waals surface area contributed by atoms with Gasteiger partial charge < -0.3 is 15.3 Å². The number of rotatable bonds is 6. The second kappa shape index (κ2) is 7.56. The molecule has 2 amide bonds. The normalized spacial score (nSPS) is 11.8. The molecule has 0 aliphatic rings. The number of carbonyl (C=O) groups is 2. The smallest absolute Gasteiger partial charge is 0.317 e. The van der Waals surface area contributed by atoms with Crippen molar-refractivity contribution < 1.29 is 23.5 Å². The van der Waals surface area contributed by atoms with Crippen LogP contribution in [0.5, 0.6) is 0 Å². The summed E-state index contributed by atoms with van der Waals surface area (Å²) in [7, 11) is 1.48. The first kappa shape index (κ1) is 16.9. The van der Waals surface area contributed by atoms with Crippen molar-refractivity contribution in [1.82, 2.24) is 10.2 Å². The Bertz CT molecular complexity index is 503. The Hall–Kier alpha value is -2.18. The van der Waals surface area contributed by atoms with Gasteiger partial charge in [0.15, 0.2) is 0 Å². The molecule has 1 atom stereocenters. The second-order valence-corrected chi connectivity index (χ2v) is 4.88. The van der Waals surface area contributed by atoms with Gasteiger partial charge in [-0.3, -0.25) is 4.79 Å². The molecule has 0 bridgehead atoms. The lowest BCUT2D eigenvalue weighted by atomic mass is 10.1. The molecule has 0 aromatic heterocycles. The Balaban J connectivity index is 2.41. The predicted octanol–water partition coefficient (Wildman–Crippen LogP) is 1.87. The zero-order valence-corrected chi connectivity index (χ0v) is 11.9. The van der Waals surface area contributed by atoms with Crippen molar-refractivity contribution in [2.75, 3.05) is 20.1 Å². The summed E-state index contributed by atoms with van der Waals surface area (Å²) in [6.45, 7) is 1.78. The topological polar surface area (TPSA) is 69.6 Å². The lowest BCUT2D eigenvalue weighted by molar-refractivity contribution is -0.141. The number of benzene rings is 1. The fraction of sp³-hybridized carbons (Fsp3) is 0.429. The summed E-state index contributed by atoms with van der Waals surface area (Å²) >= 11 is 0. The highest BCUT2D eigenvalue weighted by Crippen LogP contribution is 2.08. The van der Waals surface area contributed by atoms with E-state index in [1.807, 2.05) is 0 Å². The van der Waals surface area contributed by atoms with E-state index < -0.39 is 29.6 Å². The standard InChI is InChI=1S/C14H18F2N2O3/c1-9(13(19)20)8-18(2)14(21)17-4-3-10-5-11(15)7-12(16)6-10/h5-7,9H,3-4,8H2,1-2H3,(H,17,21)(H,19,20). The Kier molecular flexibility index (Phi) is 6.08. The zero-order chi connectivity index (χ0) is 16.0. The first-order valence-corrected chi connectivity index (χ1v) is 6.46. The highest BCUT2D eigenvalue weighted by molar-refractivity contribution is 5.75. The highest BCUT2D eigenvalue weighted by atomic mass is 19.1. The van der Waals surface area contributed by atoms with Gasteiger partial charge in [-0.15, -0.1) is 0 Å². The molecule has 116 valence electrons. The van der Waals surface area contributed by atoms with Gasteiger partial charge in [-0.1, -0.05) is 6.92 Å². The molecule has 0 saturated heterocycles. The monoisotopic (exact) mass is 300 g/mol. The van der Waals surface area contributed by atoms with E-state index in [0.29, 0.717) is 5.56 Å². The van der Waals surface area contributed by atoms with Crippen LogP contribution < -0.4 is 5.32 Å². The number of nitrogens with one attached hydrogen (secondary N) is 1. The Morgan fingerprint density at radius 2 is 1.86 bits per heavy atom. The fourth-order valence-corrected chi connectivity index (χ4v) is 1.78. The Morgan fingerprint density at radius 3 is 2.38 bits per heavy atom. The van der Waals surface area contributed by atoms with Crippen LogP contribution in [0.15, 0.2) is 18.2 Å². The van der Waals surface area contributed by atoms with E-state index in [2.05, 4.69) is 5.32 Å². The zero-order valence-electron chi connectivity index (χ0n) is 11.9. The van der Waals surface area contributed by atoms with Gasteiger partial charge in [0.05, 0.1) is 5.92 Å². The molecule has 1 unspecified atom stereocenters. The van der Waals surface area contributed by atoms with Crippen LogP contribution in [0, 0.1) is 17.6 Å². The van der Waals surface area contributed by atoms with Crippen molar-refractivity contribution in [3.8, 4) is 0 Å². The minimum atomic E-state index is -0.982. The van der Waals surface area contributed by atoms with Crippen molar-refractivity contribution >= 4 is 12.0 Å². The molecule has 0 spiro atoms. The molecule has 7 heteroatoms. The number of nitrogens with zero attached hydrogens (tertiary/aromatic N) is 1. The molecule has 0 aliphatic carbocycles. The van der Waals surface area contributed by atoms with Crippen molar-refractivity contribution in [1.29, 1.82) is 0 Å². The van der Waals surface area contributed by atoms with Crippen molar-refractivity contribution in [2.45, 2.75) is 13.3 Å². The molecule has 0 aliphatic heterocycles. The molecule has 1 aromatic carbocycles. The third-order valence-corrected chi connectivity index (χ3v) is 2.93. The van der Waals surface area contributed by atoms with E-state index in [0.717, 1.165) is 6.07 Å². The van der Waals surface area contributed by atoms with Gasteiger partial charge in [0, 0.05) is 26.2 Å². The minimum absolute atomic E-state index is 0.0791. The van der Waals surface area contributed by atoms with E-state index in [1.165, 1.54) is 31.0 Å². The average Bonchev–Trinajstić information content (AvgIpc) is 2.37. The average molecular weight is 300 g/mol. The first-order valence-electron chi connectivity index (χ1n) is 6.46. The summed E-state index contributed by atoms with van der Waals surface area (Å²) in [5, 5.41) is 11.3. The third kappa shape index (κ3) is 5.76.